The van der Waals surface area contributed by atoms with E-state index in [0.29, 0.717) is 0 Å². The van der Waals surface area contributed by atoms with E-state index in [-0.39, 0.29) is 5.82 Å². The first-order valence-electron chi connectivity index (χ1n) is 7.12. The summed E-state index contributed by atoms with van der Waals surface area (Å²) in [4.78, 5) is 10.7. The van der Waals surface area contributed by atoms with E-state index in [0.717, 1.165) is 40.6 Å². The van der Waals surface area contributed by atoms with Gasteiger partial charge in [-0.15, -0.1) is 0 Å². The molecule has 0 bridgehead atoms. The van der Waals surface area contributed by atoms with Crippen molar-refractivity contribution in [3.05, 3.63) is 65.6 Å². The molecule has 0 radical (unpaired) electrons. The lowest BCUT2D eigenvalue weighted by Gasteiger charge is -2.13. The number of hydrogen-bond acceptors (Lipinski definition) is 2. The largest absolute Gasteiger partial charge is 0.299 e. The van der Waals surface area contributed by atoms with E-state index in [1.165, 1.54) is 18.2 Å². The summed E-state index contributed by atoms with van der Waals surface area (Å²) in [5.41, 5.74) is 4.57. The van der Waals surface area contributed by atoms with Gasteiger partial charge < -0.3 is 0 Å². The molecule has 1 aromatic carbocycles. The van der Waals surface area contributed by atoms with Crippen molar-refractivity contribution in [2.24, 2.45) is 0 Å². The van der Waals surface area contributed by atoms with Crippen molar-refractivity contribution >= 4 is 17.9 Å². The second-order valence-electron chi connectivity index (χ2n) is 4.93. The van der Waals surface area contributed by atoms with Gasteiger partial charge in [0.05, 0.1) is 11.2 Å². The number of carbonyl (C=O) groups is 1. The fourth-order valence-electron chi connectivity index (χ4n) is 2.65. The molecule has 3 aromatic rings. The van der Waals surface area contributed by atoms with Crippen LogP contribution in [-0.2, 0) is 11.2 Å². The topological polar surface area (TPSA) is 34.4 Å². The zero-order valence-corrected chi connectivity index (χ0v) is 12.2. The Balaban J connectivity index is 2.33. The molecule has 3 rings (SSSR count). The Bertz CT molecular complexity index is 847. The van der Waals surface area contributed by atoms with Crippen LogP contribution >= 0.6 is 0 Å². The number of aromatic nitrogens is 2. The van der Waals surface area contributed by atoms with Gasteiger partial charge in [0, 0.05) is 17.3 Å². The molecular weight excluding hydrogens is 279 g/mol. The van der Waals surface area contributed by atoms with E-state index in [1.807, 2.05) is 22.8 Å². The van der Waals surface area contributed by atoms with Crippen LogP contribution < -0.4 is 0 Å². The number of aryl methyl sites for hydroxylation is 1. The van der Waals surface area contributed by atoms with Crippen molar-refractivity contribution in [3.63, 3.8) is 0 Å². The molecule has 0 spiro atoms. The summed E-state index contributed by atoms with van der Waals surface area (Å²) in [5.74, 6) is -0.286. The number of nitrogens with zero attached hydrogens (tertiary/aromatic N) is 2. The van der Waals surface area contributed by atoms with E-state index in [1.54, 1.807) is 18.2 Å². The predicted octanol–water partition coefficient (Wildman–Crippen LogP) is 3.91. The van der Waals surface area contributed by atoms with Crippen molar-refractivity contribution in [3.8, 4) is 11.3 Å². The van der Waals surface area contributed by atoms with Crippen LogP contribution in [-0.4, -0.2) is 15.9 Å². The Hall–Kier alpha value is -2.75. The van der Waals surface area contributed by atoms with Gasteiger partial charge >= 0.3 is 0 Å². The first kappa shape index (κ1) is 14.2. The van der Waals surface area contributed by atoms with Gasteiger partial charge in [-0.2, -0.15) is 5.10 Å². The molecule has 0 saturated carbocycles. The maximum atomic E-state index is 13.2. The average molecular weight is 294 g/mol. The lowest BCUT2D eigenvalue weighted by Crippen LogP contribution is -2.02. The second kappa shape index (κ2) is 5.93. The molecule has 0 unspecified atom stereocenters. The third kappa shape index (κ3) is 2.44. The molecular formula is C18H15FN2O. The van der Waals surface area contributed by atoms with Gasteiger partial charge in [0.15, 0.2) is 0 Å². The fourth-order valence-corrected chi connectivity index (χ4v) is 2.65. The first-order chi connectivity index (χ1) is 10.7. The van der Waals surface area contributed by atoms with Gasteiger partial charge in [0.2, 0.25) is 0 Å². The number of allylic oxidation sites excluding steroid dienone is 1. The number of hydrogen-bond donors (Lipinski definition) is 0. The van der Waals surface area contributed by atoms with Crippen LogP contribution in [0, 0.1) is 5.82 Å². The Kier molecular flexibility index (Phi) is 3.83. The van der Waals surface area contributed by atoms with Crippen LogP contribution in [0.1, 0.15) is 18.1 Å². The highest BCUT2D eigenvalue weighted by Gasteiger charge is 2.13. The normalized spacial score (nSPS) is 11.4. The molecule has 0 amide bonds. The van der Waals surface area contributed by atoms with Gasteiger partial charge in [0.1, 0.15) is 12.1 Å². The number of rotatable bonds is 4. The number of aldehydes is 1. The van der Waals surface area contributed by atoms with Crippen molar-refractivity contribution in [1.29, 1.82) is 0 Å². The lowest BCUT2D eigenvalue weighted by atomic mass is 9.99. The van der Waals surface area contributed by atoms with E-state index < -0.39 is 0 Å². The monoisotopic (exact) mass is 294 g/mol. The summed E-state index contributed by atoms with van der Waals surface area (Å²) in [5, 5.41) is 4.62. The van der Waals surface area contributed by atoms with Crippen LogP contribution in [0.3, 0.4) is 0 Å². The van der Waals surface area contributed by atoms with Gasteiger partial charge in [-0.1, -0.05) is 6.92 Å². The predicted molar refractivity (Wildman–Crippen MR) is 85.1 cm³/mol. The third-order valence-corrected chi connectivity index (χ3v) is 3.64. The van der Waals surface area contributed by atoms with Gasteiger partial charge in [-0.25, -0.2) is 8.91 Å². The maximum Gasteiger partial charge on any atom is 0.142 e. The molecule has 3 nitrogen and oxygen atoms in total. The second-order valence-corrected chi connectivity index (χ2v) is 4.93. The number of benzene rings is 1. The van der Waals surface area contributed by atoms with Gasteiger partial charge in [-0.05, 0) is 60.5 Å². The van der Waals surface area contributed by atoms with Crippen LogP contribution in [0.4, 0.5) is 4.39 Å². The number of fused-ring (bicyclic) bond motifs is 1. The Labute approximate surface area is 127 Å². The van der Waals surface area contributed by atoms with Crippen LogP contribution in [0.5, 0.6) is 0 Å². The summed E-state index contributed by atoms with van der Waals surface area (Å²) in [7, 11) is 0. The molecule has 0 aliphatic rings. The molecule has 0 aliphatic heterocycles. The Morgan fingerprint density at radius 1 is 1.23 bits per heavy atom. The van der Waals surface area contributed by atoms with Crippen molar-refractivity contribution in [1.82, 2.24) is 9.61 Å². The Morgan fingerprint density at radius 3 is 2.68 bits per heavy atom. The first-order valence-corrected chi connectivity index (χ1v) is 7.12. The van der Waals surface area contributed by atoms with Crippen molar-refractivity contribution in [2.45, 2.75) is 13.3 Å². The van der Waals surface area contributed by atoms with Gasteiger partial charge in [0.25, 0.3) is 0 Å². The highest BCUT2D eigenvalue weighted by atomic mass is 19.1. The summed E-state index contributed by atoms with van der Waals surface area (Å²) < 4.78 is 15.0. The standard InChI is InChI=1S/C18H15FN2O/c1-2-15-16(5-4-12-22)18(13-7-9-14(19)10-8-13)20-21-11-3-6-17(15)21/h3-12H,2H2,1H3. The number of halogens is 1. The van der Waals surface area contributed by atoms with E-state index >= 15 is 0 Å². The number of carbonyl (C=O) groups excluding carboxylic acids is 1. The summed E-state index contributed by atoms with van der Waals surface area (Å²) in [6, 6.07) is 10.2. The molecule has 2 heterocycles. The quantitative estimate of drug-likeness (QED) is 0.540. The van der Waals surface area contributed by atoms with E-state index in [4.69, 9.17) is 0 Å². The minimum absolute atomic E-state index is 0.286. The molecule has 110 valence electrons. The van der Waals surface area contributed by atoms with Crippen LogP contribution in [0.15, 0.2) is 48.7 Å². The van der Waals surface area contributed by atoms with Gasteiger partial charge in [-0.3, -0.25) is 4.79 Å². The molecule has 0 aliphatic carbocycles. The Morgan fingerprint density at radius 2 is 2.00 bits per heavy atom. The summed E-state index contributed by atoms with van der Waals surface area (Å²) in [6.45, 7) is 2.06. The maximum absolute atomic E-state index is 13.2. The zero-order chi connectivity index (χ0) is 15.5. The lowest BCUT2D eigenvalue weighted by molar-refractivity contribution is -0.104. The van der Waals surface area contributed by atoms with Crippen molar-refractivity contribution < 1.29 is 9.18 Å². The van der Waals surface area contributed by atoms with E-state index in [2.05, 4.69) is 12.0 Å². The summed E-state index contributed by atoms with van der Waals surface area (Å²) >= 11 is 0. The highest BCUT2D eigenvalue weighted by molar-refractivity contribution is 5.83. The molecule has 0 atom stereocenters. The van der Waals surface area contributed by atoms with Crippen molar-refractivity contribution in [2.75, 3.05) is 0 Å². The molecule has 0 N–H and O–H groups in total. The smallest absolute Gasteiger partial charge is 0.142 e. The minimum atomic E-state index is -0.286. The molecule has 2 aromatic heterocycles. The summed E-state index contributed by atoms with van der Waals surface area (Å²) in [6.07, 6.45) is 6.67. The fraction of sp³-hybridized carbons (Fsp3) is 0.111. The molecule has 0 fully saturated rings. The van der Waals surface area contributed by atoms with E-state index in [9.17, 15) is 9.18 Å². The highest BCUT2D eigenvalue weighted by Crippen LogP contribution is 2.29. The average Bonchev–Trinajstić information content (AvgIpc) is 3.00. The third-order valence-electron chi connectivity index (χ3n) is 3.64. The SMILES string of the molecule is CCc1c(C=CC=O)c(-c2ccc(F)cc2)nn2cccc12. The minimum Gasteiger partial charge on any atom is -0.299 e. The molecule has 4 heteroatoms. The van der Waals surface area contributed by atoms with Crippen LogP contribution in [0.2, 0.25) is 0 Å². The molecule has 0 saturated heterocycles. The molecule has 22 heavy (non-hydrogen) atoms. The van der Waals surface area contributed by atoms with Crippen LogP contribution in [0.25, 0.3) is 22.9 Å². The zero-order valence-electron chi connectivity index (χ0n) is 12.2.